The van der Waals surface area contributed by atoms with E-state index in [1.54, 1.807) is 11.3 Å². The van der Waals surface area contributed by atoms with Gasteiger partial charge in [0.2, 0.25) is 5.91 Å². The Bertz CT molecular complexity index is 1210. The van der Waals surface area contributed by atoms with Crippen molar-refractivity contribution in [3.63, 3.8) is 0 Å². The van der Waals surface area contributed by atoms with Crippen LogP contribution in [0, 0.1) is 13.8 Å². The molecule has 1 N–H and O–H groups in total. The molecule has 4 aromatic rings. The molecule has 2 aromatic carbocycles. The van der Waals surface area contributed by atoms with E-state index < -0.39 is 0 Å². The minimum atomic E-state index is -0.233. The topological polar surface area (TPSA) is 64.0 Å². The van der Waals surface area contributed by atoms with Crippen LogP contribution in [-0.4, -0.2) is 15.7 Å². The molecular weight excluding hydrogens is 358 g/mol. The molecule has 2 aromatic heterocycles. The van der Waals surface area contributed by atoms with Crippen molar-refractivity contribution in [2.75, 3.05) is 0 Å². The first-order valence-corrected chi connectivity index (χ1v) is 9.56. The molecule has 2 heterocycles. The van der Waals surface area contributed by atoms with Crippen molar-refractivity contribution in [2.45, 2.75) is 26.9 Å². The summed E-state index contributed by atoms with van der Waals surface area (Å²) in [5.41, 5.74) is 2.73. The number of hydrogen-bond donors (Lipinski definition) is 1. The SMILES string of the molecule is Cc1ccc(CNC(=O)Cn2nc(C)c3sc4ccccc4c3c2=O)cc1. The number of nitrogens with zero attached hydrogens (tertiary/aromatic N) is 2. The molecule has 0 aliphatic rings. The molecule has 0 spiro atoms. The van der Waals surface area contributed by atoms with Gasteiger partial charge in [-0.1, -0.05) is 48.0 Å². The smallest absolute Gasteiger partial charge is 0.276 e. The number of hydrogen-bond acceptors (Lipinski definition) is 4. The van der Waals surface area contributed by atoms with Crippen molar-refractivity contribution in [1.82, 2.24) is 15.1 Å². The largest absolute Gasteiger partial charge is 0.350 e. The number of carbonyl (C=O) groups is 1. The van der Waals surface area contributed by atoms with E-state index in [1.807, 2.05) is 62.4 Å². The summed E-state index contributed by atoms with van der Waals surface area (Å²) >= 11 is 1.56. The van der Waals surface area contributed by atoms with Gasteiger partial charge >= 0.3 is 0 Å². The minimum absolute atomic E-state index is 0.0916. The van der Waals surface area contributed by atoms with Crippen LogP contribution in [0.4, 0.5) is 0 Å². The number of aromatic nitrogens is 2. The van der Waals surface area contributed by atoms with Crippen LogP contribution < -0.4 is 10.9 Å². The number of amides is 1. The second kappa shape index (κ2) is 6.96. The van der Waals surface area contributed by atoms with Gasteiger partial charge in [0, 0.05) is 16.6 Å². The first kappa shape index (κ1) is 17.4. The van der Waals surface area contributed by atoms with Crippen LogP contribution in [0.5, 0.6) is 0 Å². The molecule has 6 heteroatoms. The maximum atomic E-state index is 12.9. The van der Waals surface area contributed by atoms with Gasteiger partial charge in [-0.2, -0.15) is 5.10 Å². The summed E-state index contributed by atoms with van der Waals surface area (Å²) in [4.78, 5) is 25.3. The molecule has 1 amide bonds. The highest BCUT2D eigenvalue weighted by molar-refractivity contribution is 7.26. The second-order valence-corrected chi connectivity index (χ2v) is 7.67. The third-order valence-corrected chi connectivity index (χ3v) is 5.83. The molecule has 0 unspecified atom stereocenters. The van der Waals surface area contributed by atoms with E-state index in [0.29, 0.717) is 11.9 Å². The van der Waals surface area contributed by atoms with Crippen molar-refractivity contribution in [2.24, 2.45) is 0 Å². The van der Waals surface area contributed by atoms with Crippen LogP contribution in [0.25, 0.3) is 20.2 Å². The lowest BCUT2D eigenvalue weighted by atomic mass is 10.1. The maximum Gasteiger partial charge on any atom is 0.276 e. The van der Waals surface area contributed by atoms with E-state index in [2.05, 4.69) is 10.4 Å². The molecule has 0 bridgehead atoms. The molecule has 5 nitrogen and oxygen atoms in total. The summed E-state index contributed by atoms with van der Waals surface area (Å²) in [6.07, 6.45) is 0. The van der Waals surface area contributed by atoms with E-state index in [1.165, 1.54) is 10.2 Å². The lowest BCUT2D eigenvalue weighted by Gasteiger charge is -2.08. The monoisotopic (exact) mass is 377 g/mol. The zero-order valence-corrected chi connectivity index (χ0v) is 16.0. The molecule has 0 saturated carbocycles. The molecule has 27 heavy (non-hydrogen) atoms. The first-order valence-electron chi connectivity index (χ1n) is 8.74. The Kier molecular flexibility index (Phi) is 4.49. The fraction of sp³-hybridized carbons (Fsp3) is 0.190. The zero-order valence-electron chi connectivity index (χ0n) is 15.2. The van der Waals surface area contributed by atoms with Gasteiger partial charge in [0.05, 0.1) is 15.8 Å². The second-order valence-electron chi connectivity index (χ2n) is 6.61. The summed E-state index contributed by atoms with van der Waals surface area (Å²) < 4.78 is 3.20. The van der Waals surface area contributed by atoms with E-state index in [9.17, 15) is 9.59 Å². The van der Waals surface area contributed by atoms with Crippen molar-refractivity contribution in [1.29, 1.82) is 0 Å². The van der Waals surface area contributed by atoms with E-state index in [0.717, 1.165) is 26.0 Å². The van der Waals surface area contributed by atoms with Crippen LogP contribution in [0.1, 0.15) is 16.8 Å². The van der Waals surface area contributed by atoms with Crippen LogP contribution in [-0.2, 0) is 17.9 Å². The zero-order chi connectivity index (χ0) is 19.0. The Hall–Kier alpha value is -2.99. The van der Waals surface area contributed by atoms with Crippen LogP contribution in [0.15, 0.2) is 53.3 Å². The molecule has 0 radical (unpaired) electrons. The fourth-order valence-electron chi connectivity index (χ4n) is 3.12. The number of nitrogens with one attached hydrogen (secondary N) is 1. The first-order chi connectivity index (χ1) is 13.0. The summed E-state index contributed by atoms with van der Waals surface area (Å²) in [5.74, 6) is -0.233. The van der Waals surface area contributed by atoms with Gasteiger partial charge in [0.25, 0.3) is 5.56 Å². The van der Waals surface area contributed by atoms with Gasteiger partial charge in [-0.15, -0.1) is 11.3 Å². The number of aryl methyl sites for hydroxylation is 2. The molecule has 136 valence electrons. The summed E-state index contributed by atoms with van der Waals surface area (Å²) in [6, 6.07) is 15.8. The Morgan fingerprint density at radius 1 is 1.11 bits per heavy atom. The van der Waals surface area contributed by atoms with Gasteiger partial charge in [-0.05, 0) is 25.5 Å². The Balaban J connectivity index is 1.61. The van der Waals surface area contributed by atoms with Crippen molar-refractivity contribution in [3.8, 4) is 0 Å². The number of fused-ring (bicyclic) bond motifs is 3. The molecule has 4 rings (SSSR count). The Morgan fingerprint density at radius 3 is 2.63 bits per heavy atom. The highest BCUT2D eigenvalue weighted by Gasteiger charge is 2.15. The highest BCUT2D eigenvalue weighted by Crippen LogP contribution is 2.32. The summed E-state index contributed by atoms with van der Waals surface area (Å²) in [6.45, 7) is 4.23. The van der Waals surface area contributed by atoms with Crippen LogP contribution in [0.2, 0.25) is 0 Å². The van der Waals surface area contributed by atoms with Gasteiger partial charge in [0.15, 0.2) is 0 Å². The average molecular weight is 377 g/mol. The lowest BCUT2D eigenvalue weighted by Crippen LogP contribution is -2.33. The third-order valence-electron chi connectivity index (χ3n) is 4.55. The Labute approximate surface area is 160 Å². The number of thiophene rings is 1. The summed E-state index contributed by atoms with van der Waals surface area (Å²) in [7, 11) is 0. The third kappa shape index (κ3) is 3.36. The normalized spacial score (nSPS) is 11.2. The quantitative estimate of drug-likeness (QED) is 0.592. The van der Waals surface area contributed by atoms with Crippen LogP contribution >= 0.6 is 11.3 Å². The molecule has 0 fully saturated rings. The fourth-order valence-corrected chi connectivity index (χ4v) is 4.25. The number of benzene rings is 2. The Morgan fingerprint density at radius 2 is 1.85 bits per heavy atom. The van der Waals surface area contributed by atoms with Crippen molar-refractivity contribution < 1.29 is 4.79 Å². The molecule has 0 aliphatic heterocycles. The number of carbonyl (C=O) groups excluding carboxylic acids is 1. The van der Waals surface area contributed by atoms with E-state index >= 15 is 0 Å². The molecule has 0 aliphatic carbocycles. The molecule has 0 atom stereocenters. The number of rotatable bonds is 4. The van der Waals surface area contributed by atoms with Gasteiger partial charge < -0.3 is 5.32 Å². The van der Waals surface area contributed by atoms with E-state index in [-0.39, 0.29) is 18.0 Å². The minimum Gasteiger partial charge on any atom is -0.350 e. The van der Waals surface area contributed by atoms with Crippen molar-refractivity contribution in [3.05, 3.63) is 75.7 Å². The van der Waals surface area contributed by atoms with Gasteiger partial charge in [-0.3, -0.25) is 9.59 Å². The van der Waals surface area contributed by atoms with Crippen LogP contribution in [0.3, 0.4) is 0 Å². The molecular formula is C21H19N3O2S. The molecule has 0 saturated heterocycles. The van der Waals surface area contributed by atoms with Crippen molar-refractivity contribution >= 4 is 37.4 Å². The lowest BCUT2D eigenvalue weighted by molar-refractivity contribution is -0.122. The predicted molar refractivity (Wildman–Crippen MR) is 109 cm³/mol. The summed E-state index contributed by atoms with van der Waals surface area (Å²) in [5, 5.41) is 8.78. The standard InChI is InChI=1S/C21H19N3O2S/c1-13-7-9-15(10-8-13)11-22-18(25)12-24-21(26)19-16-5-3-4-6-17(16)27-20(19)14(2)23-24/h3-10H,11-12H2,1-2H3,(H,22,25). The highest BCUT2D eigenvalue weighted by atomic mass is 32.1. The van der Waals surface area contributed by atoms with Gasteiger partial charge in [-0.25, -0.2) is 4.68 Å². The van der Waals surface area contributed by atoms with Gasteiger partial charge in [0.1, 0.15) is 6.54 Å². The maximum absolute atomic E-state index is 12.9. The average Bonchev–Trinajstić information content (AvgIpc) is 3.06. The predicted octanol–water partition coefficient (Wildman–Crippen LogP) is 3.54. The van der Waals surface area contributed by atoms with E-state index in [4.69, 9.17) is 0 Å².